The summed E-state index contributed by atoms with van der Waals surface area (Å²) in [6, 6.07) is 3.23. The fourth-order valence-electron chi connectivity index (χ4n) is 3.05. The van der Waals surface area contributed by atoms with E-state index in [0.29, 0.717) is 5.56 Å². The summed E-state index contributed by atoms with van der Waals surface area (Å²) in [5.74, 6) is -1.01. The third kappa shape index (κ3) is 14.4. The molecule has 1 aromatic rings. The van der Waals surface area contributed by atoms with E-state index >= 15 is 0 Å². The number of hydrogen-bond acceptors (Lipinski definition) is 11. The second-order valence-electron chi connectivity index (χ2n) is 10.9. The molecule has 0 bridgehead atoms. The van der Waals surface area contributed by atoms with Gasteiger partial charge in [0.05, 0.1) is 13.2 Å². The minimum absolute atomic E-state index is 0.0338. The molecule has 0 aliphatic carbocycles. The lowest BCUT2D eigenvalue weighted by Crippen LogP contribution is -2.43. The summed E-state index contributed by atoms with van der Waals surface area (Å²) in [4.78, 5) is 48.6. The van der Waals surface area contributed by atoms with Crippen LogP contribution in [0.2, 0.25) is 0 Å². The molecule has 5 atom stereocenters. The van der Waals surface area contributed by atoms with Crippen molar-refractivity contribution >= 4 is 24.4 Å². The molecular weight excluding hydrogens is 550 g/mol. The molecule has 12 heteroatoms. The molecule has 238 valence electrons. The van der Waals surface area contributed by atoms with Crippen LogP contribution in [0, 0.1) is 17.8 Å². The smallest absolute Gasteiger partial charge is 0.480 e. The van der Waals surface area contributed by atoms with Crippen LogP contribution in [0.15, 0.2) is 18.2 Å². The molecule has 0 saturated heterocycles. The quantitative estimate of drug-likeness (QED) is 0.123. The van der Waals surface area contributed by atoms with Crippen LogP contribution in [-0.4, -0.2) is 67.6 Å². The molecule has 0 heterocycles. The molecule has 0 aliphatic heterocycles. The van der Waals surface area contributed by atoms with Gasteiger partial charge < -0.3 is 38.8 Å². The Labute approximate surface area is 248 Å². The summed E-state index contributed by atoms with van der Waals surface area (Å²) in [5.41, 5.74) is 0.457. The fraction of sp³-hybridized carbons (Fsp3) is 0.667. The molecule has 42 heavy (non-hydrogen) atoms. The van der Waals surface area contributed by atoms with Crippen LogP contribution in [0.1, 0.15) is 73.8 Å². The second kappa shape index (κ2) is 18.8. The van der Waals surface area contributed by atoms with Gasteiger partial charge in [0.25, 0.3) is 0 Å². The van der Waals surface area contributed by atoms with Crippen LogP contribution in [0.25, 0.3) is 0 Å². The monoisotopic (exact) mass is 597 g/mol. The van der Waals surface area contributed by atoms with Crippen LogP contribution < -0.4 is 14.8 Å². The third-order valence-corrected chi connectivity index (χ3v) is 6.67. The molecule has 0 aromatic heterocycles. The standard InChI is InChI=1S/C30H47NO11/c1-9-19(5)16-37-28(34)41-25-12-11-23(14-26(25)42-29(35)38-17-20(6)10-2)13-24(27(32)33)31-15-21(7)39-30(36)40-22(8)18(3)4/h11-12,14,18-22,24,31H,9-10,13,15-17H2,1-8H3,(H,32,33)/t19?,20?,21?,22?,24-/m0/s1. The lowest BCUT2D eigenvalue weighted by atomic mass is 10.0. The molecule has 0 aliphatic rings. The number of benzene rings is 1. The molecule has 0 amide bonds. The van der Waals surface area contributed by atoms with Gasteiger partial charge in [-0.25, -0.2) is 14.4 Å². The maximum atomic E-state index is 12.4. The molecule has 1 aromatic carbocycles. The zero-order valence-corrected chi connectivity index (χ0v) is 26.0. The summed E-state index contributed by atoms with van der Waals surface area (Å²) in [5, 5.41) is 12.6. The SMILES string of the molecule is CCC(C)COC(=O)Oc1ccc(C[C@H](NCC(C)OC(=O)OC(C)C(C)C)C(=O)O)cc1OC(=O)OCC(C)CC. The number of rotatable bonds is 17. The fourth-order valence-corrected chi connectivity index (χ4v) is 3.05. The number of carboxylic acid groups (broad SMARTS) is 1. The Morgan fingerprint density at radius 2 is 1.33 bits per heavy atom. The number of carbonyl (C=O) groups excluding carboxylic acids is 3. The highest BCUT2D eigenvalue weighted by Crippen LogP contribution is 2.30. The van der Waals surface area contributed by atoms with Gasteiger partial charge in [0, 0.05) is 6.54 Å². The molecule has 4 unspecified atom stereocenters. The Hall–Kier alpha value is -3.54. The van der Waals surface area contributed by atoms with Gasteiger partial charge in [0.2, 0.25) is 0 Å². The average Bonchev–Trinajstić information content (AvgIpc) is 2.93. The predicted octanol–water partition coefficient (Wildman–Crippen LogP) is 5.98. The first-order valence-corrected chi connectivity index (χ1v) is 14.4. The van der Waals surface area contributed by atoms with Gasteiger partial charge in [0.15, 0.2) is 11.5 Å². The van der Waals surface area contributed by atoms with Crippen molar-refractivity contribution in [3.05, 3.63) is 23.8 Å². The highest BCUT2D eigenvalue weighted by atomic mass is 16.7. The van der Waals surface area contributed by atoms with Gasteiger partial charge in [-0.15, -0.1) is 0 Å². The summed E-state index contributed by atoms with van der Waals surface area (Å²) in [6.45, 7) is 15.3. The highest BCUT2D eigenvalue weighted by Gasteiger charge is 2.23. The summed E-state index contributed by atoms with van der Waals surface area (Å²) in [7, 11) is 0. The molecule has 2 N–H and O–H groups in total. The number of carbonyl (C=O) groups is 4. The second-order valence-corrected chi connectivity index (χ2v) is 10.9. The van der Waals surface area contributed by atoms with Crippen LogP contribution in [0.3, 0.4) is 0 Å². The van der Waals surface area contributed by atoms with E-state index in [1.165, 1.54) is 18.2 Å². The van der Waals surface area contributed by atoms with Crippen molar-refractivity contribution in [2.45, 2.75) is 92.9 Å². The molecular formula is C30H47NO11. The van der Waals surface area contributed by atoms with Gasteiger partial charge in [-0.3, -0.25) is 4.79 Å². The van der Waals surface area contributed by atoms with Gasteiger partial charge in [-0.1, -0.05) is 60.5 Å². The number of nitrogens with one attached hydrogen (secondary N) is 1. The summed E-state index contributed by atoms with van der Waals surface area (Å²) in [6.07, 6.45) is -2.24. The first kappa shape index (κ1) is 36.5. The van der Waals surface area contributed by atoms with Crippen molar-refractivity contribution < 1.29 is 52.7 Å². The van der Waals surface area contributed by atoms with Crippen LogP contribution in [0.4, 0.5) is 14.4 Å². The lowest BCUT2D eigenvalue weighted by Gasteiger charge is -2.21. The minimum Gasteiger partial charge on any atom is -0.480 e. The normalized spacial score (nSPS) is 14.6. The summed E-state index contributed by atoms with van der Waals surface area (Å²) < 4.78 is 31.3. The van der Waals surface area contributed by atoms with Crippen molar-refractivity contribution in [3.8, 4) is 11.5 Å². The van der Waals surface area contributed by atoms with Crippen molar-refractivity contribution in [1.29, 1.82) is 0 Å². The molecule has 0 fully saturated rings. The number of hydrogen-bond donors (Lipinski definition) is 2. The zero-order valence-electron chi connectivity index (χ0n) is 26.0. The van der Waals surface area contributed by atoms with E-state index in [2.05, 4.69) is 5.32 Å². The molecule has 0 saturated carbocycles. The van der Waals surface area contributed by atoms with Gasteiger partial charge in [-0.05, 0) is 55.7 Å². The Kier molecular flexibility index (Phi) is 16.3. The first-order valence-electron chi connectivity index (χ1n) is 14.4. The van der Waals surface area contributed by atoms with Crippen molar-refractivity contribution in [2.75, 3.05) is 19.8 Å². The maximum absolute atomic E-state index is 12.4. The molecule has 0 spiro atoms. The lowest BCUT2D eigenvalue weighted by molar-refractivity contribution is -0.139. The Bertz CT molecular complexity index is 1010. The van der Waals surface area contributed by atoms with Crippen LogP contribution in [0.5, 0.6) is 11.5 Å². The van der Waals surface area contributed by atoms with E-state index in [1.54, 1.807) is 13.8 Å². The van der Waals surface area contributed by atoms with E-state index < -0.39 is 36.6 Å². The zero-order chi connectivity index (χ0) is 31.8. The maximum Gasteiger partial charge on any atom is 0.513 e. The van der Waals surface area contributed by atoms with Crippen LogP contribution in [-0.2, 0) is 30.2 Å². The minimum atomic E-state index is -1.15. The Morgan fingerprint density at radius 3 is 1.83 bits per heavy atom. The van der Waals surface area contributed by atoms with Gasteiger partial charge >= 0.3 is 24.4 Å². The van der Waals surface area contributed by atoms with E-state index in [1.807, 2.05) is 41.5 Å². The highest BCUT2D eigenvalue weighted by molar-refractivity contribution is 5.74. The predicted molar refractivity (Wildman–Crippen MR) is 154 cm³/mol. The largest absolute Gasteiger partial charge is 0.513 e. The van der Waals surface area contributed by atoms with Gasteiger partial charge in [-0.2, -0.15) is 0 Å². The van der Waals surface area contributed by atoms with Gasteiger partial charge in [0.1, 0.15) is 18.2 Å². The number of aliphatic carboxylic acids is 1. The van der Waals surface area contributed by atoms with Crippen molar-refractivity contribution in [3.63, 3.8) is 0 Å². The Balaban J connectivity index is 2.98. The summed E-state index contributed by atoms with van der Waals surface area (Å²) >= 11 is 0. The van der Waals surface area contributed by atoms with E-state index in [9.17, 15) is 24.3 Å². The number of carboxylic acids is 1. The average molecular weight is 598 g/mol. The Morgan fingerprint density at radius 1 is 0.786 bits per heavy atom. The topological polar surface area (TPSA) is 156 Å². The van der Waals surface area contributed by atoms with E-state index in [-0.39, 0.29) is 61.5 Å². The van der Waals surface area contributed by atoms with Crippen LogP contribution >= 0.6 is 0 Å². The first-order chi connectivity index (χ1) is 19.7. The van der Waals surface area contributed by atoms with E-state index in [4.69, 9.17) is 28.4 Å². The molecule has 12 nitrogen and oxygen atoms in total. The van der Waals surface area contributed by atoms with Crippen molar-refractivity contribution in [2.24, 2.45) is 17.8 Å². The molecule has 1 rings (SSSR count). The molecule has 0 radical (unpaired) electrons. The number of ether oxygens (including phenoxy) is 6. The van der Waals surface area contributed by atoms with E-state index in [0.717, 1.165) is 12.8 Å². The third-order valence-electron chi connectivity index (χ3n) is 6.67. The van der Waals surface area contributed by atoms with Crippen molar-refractivity contribution in [1.82, 2.24) is 5.32 Å².